The minimum Gasteiger partial charge on any atom is -0.369 e. The fraction of sp³-hybridized carbons (Fsp3) is 0.562. The van der Waals surface area contributed by atoms with Crippen LogP contribution in [0.2, 0.25) is 5.02 Å². The van der Waals surface area contributed by atoms with Crippen molar-refractivity contribution in [3.8, 4) is 0 Å². The van der Waals surface area contributed by atoms with Gasteiger partial charge in [0.15, 0.2) is 0 Å². The fourth-order valence-electron chi connectivity index (χ4n) is 2.97. The molecule has 152 valence electrons. The van der Waals surface area contributed by atoms with Crippen LogP contribution in [0, 0.1) is 5.92 Å². The summed E-state index contributed by atoms with van der Waals surface area (Å²) in [5.41, 5.74) is 4.12. The zero-order valence-corrected chi connectivity index (χ0v) is 16.0. The molecule has 1 unspecified atom stereocenters. The highest BCUT2D eigenvalue weighted by Crippen LogP contribution is 2.35. The first-order chi connectivity index (χ1) is 12.5. The number of nitrogens with zero attached hydrogens (tertiary/aromatic N) is 1. The van der Waals surface area contributed by atoms with Gasteiger partial charge in [-0.1, -0.05) is 11.6 Å². The maximum atomic E-state index is 12.9. The van der Waals surface area contributed by atoms with Crippen molar-refractivity contribution in [2.75, 3.05) is 26.2 Å². The SMILES string of the molecule is NC(=O)C1CCCN(CCCNS(=O)(=O)c2ccc(Cl)c(C(F)(F)F)c2)C1. The van der Waals surface area contributed by atoms with Crippen LogP contribution in [0.5, 0.6) is 0 Å². The second kappa shape index (κ2) is 8.76. The minimum atomic E-state index is -4.74. The molecule has 1 saturated heterocycles. The molecule has 2 rings (SSSR count). The molecule has 1 aromatic carbocycles. The van der Waals surface area contributed by atoms with Crippen LogP contribution in [0.3, 0.4) is 0 Å². The number of rotatable bonds is 7. The predicted octanol–water partition coefficient (Wildman–Crippen LogP) is 2.22. The quantitative estimate of drug-likeness (QED) is 0.652. The Bertz CT molecular complexity index is 787. The third-order valence-electron chi connectivity index (χ3n) is 4.40. The standard InChI is InChI=1S/C16H21ClF3N3O3S/c17-14-5-4-12(9-13(14)16(18,19)20)27(25,26)22-6-2-8-23-7-1-3-11(10-23)15(21)24/h4-5,9,11,22H,1-3,6-8,10H2,(H2,21,24). The third kappa shape index (κ3) is 6.06. The van der Waals surface area contributed by atoms with E-state index in [0.717, 1.165) is 31.5 Å². The molecule has 0 saturated carbocycles. The molecule has 0 aromatic heterocycles. The summed E-state index contributed by atoms with van der Waals surface area (Å²) in [4.78, 5) is 12.8. The molecule has 1 aliphatic rings. The first-order valence-electron chi connectivity index (χ1n) is 8.39. The Hall–Kier alpha value is -1.36. The number of likely N-dealkylation sites (tertiary alicyclic amines) is 1. The number of hydrogen-bond acceptors (Lipinski definition) is 4. The molecule has 27 heavy (non-hydrogen) atoms. The maximum absolute atomic E-state index is 12.9. The lowest BCUT2D eigenvalue weighted by molar-refractivity contribution is -0.137. The van der Waals surface area contributed by atoms with Crippen LogP contribution >= 0.6 is 11.6 Å². The molecule has 1 fully saturated rings. The van der Waals surface area contributed by atoms with E-state index in [4.69, 9.17) is 17.3 Å². The van der Waals surface area contributed by atoms with Crippen molar-refractivity contribution < 1.29 is 26.4 Å². The summed E-state index contributed by atoms with van der Waals surface area (Å²) in [6.07, 6.45) is -2.71. The number of halogens is 4. The van der Waals surface area contributed by atoms with Crippen molar-refractivity contribution >= 4 is 27.5 Å². The molecule has 1 heterocycles. The molecular weight excluding hydrogens is 407 g/mol. The average molecular weight is 428 g/mol. The van der Waals surface area contributed by atoms with Gasteiger partial charge in [-0.05, 0) is 50.6 Å². The summed E-state index contributed by atoms with van der Waals surface area (Å²) in [7, 11) is -4.09. The predicted molar refractivity (Wildman–Crippen MR) is 94.6 cm³/mol. The molecule has 1 aliphatic heterocycles. The molecule has 1 atom stereocenters. The maximum Gasteiger partial charge on any atom is 0.417 e. The molecule has 0 radical (unpaired) electrons. The Morgan fingerprint density at radius 3 is 2.70 bits per heavy atom. The number of benzene rings is 1. The molecule has 1 amide bonds. The van der Waals surface area contributed by atoms with Crippen LogP contribution in [0.4, 0.5) is 13.2 Å². The van der Waals surface area contributed by atoms with Gasteiger partial charge in [-0.25, -0.2) is 13.1 Å². The van der Waals surface area contributed by atoms with E-state index < -0.39 is 31.7 Å². The van der Waals surface area contributed by atoms with E-state index in [-0.39, 0.29) is 18.4 Å². The molecule has 0 aliphatic carbocycles. The lowest BCUT2D eigenvalue weighted by Crippen LogP contribution is -2.42. The molecule has 11 heteroatoms. The number of carbonyl (C=O) groups excluding carboxylic acids is 1. The number of nitrogens with two attached hydrogens (primary N) is 1. The van der Waals surface area contributed by atoms with E-state index in [1.165, 1.54) is 0 Å². The smallest absolute Gasteiger partial charge is 0.369 e. The van der Waals surface area contributed by atoms with Gasteiger partial charge in [0.05, 0.1) is 21.4 Å². The molecule has 0 spiro atoms. The Balaban J connectivity index is 1.91. The second-order valence-corrected chi connectivity index (χ2v) is 8.61. The van der Waals surface area contributed by atoms with Crippen LogP contribution in [-0.2, 0) is 21.0 Å². The van der Waals surface area contributed by atoms with Gasteiger partial charge in [0.1, 0.15) is 0 Å². The molecule has 6 nitrogen and oxygen atoms in total. The highest BCUT2D eigenvalue weighted by atomic mass is 35.5. The van der Waals surface area contributed by atoms with Crippen molar-refractivity contribution in [3.05, 3.63) is 28.8 Å². The van der Waals surface area contributed by atoms with Crippen LogP contribution < -0.4 is 10.5 Å². The van der Waals surface area contributed by atoms with Crippen LogP contribution in [0.15, 0.2) is 23.1 Å². The summed E-state index contributed by atoms with van der Waals surface area (Å²) in [5.74, 6) is -0.547. The normalized spacial score (nSPS) is 19.2. The van der Waals surface area contributed by atoms with Gasteiger partial charge in [-0.2, -0.15) is 13.2 Å². The van der Waals surface area contributed by atoms with Crippen molar-refractivity contribution in [3.63, 3.8) is 0 Å². The number of alkyl halides is 3. The Labute approximate surface area is 160 Å². The summed E-state index contributed by atoms with van der Waals surface area (Å²) in [6, 6.07) is 2.46. The van der Waals surface area contributed by atoms with Crippen LogP contribution in [0.25, 0.3) is 0 Å². The van der Waals surface area contributed by atoms with Crippen molar-refractivity contribution in [2.24, 2.45) is 11.7 Å². The van der Waals surface area contributed by atoms with E-state index in [1.807, 2.05) is 4.90 Å². The van der Waals surface area contributed by atoms with E-state index >= 15 is 0 Å². The number of nitrogens with one attached hydrogen (secondary N) is 1. The van der Waals surface area contributed by atoms with Crippen LogP contribution in [0.1, 0.15) is 24.8 Å². The van der Waals surface area contributed by atoms with E-state index in [1.54, 1.807) is 0 Å². The average Bonchev–Trinajstić information content (AvgIpc) is 2.58. The van der Waals surface area contributed by atoms with Crippen LogP contribution in [-0.4, -0.2) is 45.4 Å². The number of primary amides is 1. The summed E-state index contributed by atoms with van der Waals surface area (Å²) in [5, 5.41) is -0.560. The lowest BCUT2D eigenvalue weighted by atomic mass is 9.97. The van der Waals surface area contributed by atoms with Crippen molar-refractivity contribution in [1.29, 1.82) is 0 Å². The number of carbonyl (C=O) groups is 1. The Kier molecular flexibility index (Phi) is 7.12. The van der Waals surface area contributed by atoms with Crippen molar-refractivity contribution in [2.45, 2.75) is 30.3 Å². The second-order valence-electron chi connectivity index (χ2n) is 6.43. The van der Waals surface area contributed by atoms with E-state index in [2.05, 4.69) is 4.72 Å². The summed E-state index contributed by atoms with van der Waals surface area (Å²) in [6.45, 7) is 1.95. The molecule has 1 aromatic rings. The highest BCUT2D eigenvalue weighted by molar-refractivity contribution is 7.89. The minimum absolute atomic E-state index is 0.0596. The van der Waals surface area contributed by atoms with Gasteiger partial charge in [-0.3, -0.25) is 4.79 Å². The number of piperidine rings is 1. The fourth-order valence-corrected chi connectivity index (χ4v) is 4.30. The van der Waals surface area contributed by atoms with E-state index in [9.17, 15) is 26.4 Å². The van der Waals surface area contributed by atoms with Gasteiger partial charge in [0.25, 0.3) is 0 Å². The Morgan fingerprint density at radius 1 is 1.37 bits per heavy atom. The topological polar surface area (TPSA) is 92.5 Å². The monoisotopic (exact) mass is 427 g/mol. The lowest BCUT2D eigenvalue weighted by Gasteiger charge is -2.31. The van der Waals surface area contributed by atoms with Gasteiger partial charge < -0.3 is 10.6 Å². The number of amides is 1. The molecule has 3 N–H and O–H groups in total. The first kappa shape index (κ1) is 21.9. The zero-order chi connectivity index (χ0) is 20.2. The Morgan fingerprint density at radius 2 is 2.07 bits per heavy atom. The van der Waals surface area contributed by atoms with Gasteiger partial charge >= 0.3 is 6.18 Å². The van der Waals surface area contributed by atoms with Gasteiger partial charge in [0, 0.05) is 13.1 Å². The van der Waals surface area contributed by atoms with E-state index in [0.29, 0.717) is 25.6 Å². The number of sulfonamides is 1. The molecular formula is C16H21ClF3N3O3S. The number of hydrogen-bond donors (Lipinski definition) is 2. The van der Waals surface area contributed by atoms with Gasteiger partial charge in [-0.15, -0.1) is 0 Å². The first-order valence-corrected chi connectivity index (χ1v) is 10.2. The summed E-state index contributed by atoms with van der Waals surface area (Å²) >= 11 is 5.50. The zero-order valence-electron chi connectivity index (χ0n) is 14.4. The largest absolute Gasteiger partial charge is 0.417 e. The van der Waals surface area contributed by atoms with Gasteiger partial charge in [0.2, 0.25) is 15.9 Å². The van der Waals surface area contributed by atoms with Crippen molar-refractivity contribution in [1.82, 2.24) is 9.62 Å². The highest BCUT2D eigenvalue weighted by Gasteiger charge is 2.34. The molecule has 0 bridgehead atoms. The summed E-state index contributed by atoms with van der Waals surface area (Å²) < 4.78 is 65.4. The third-order valence-corrected chi connectivity index (χ3v) is 6.19.